The maximum atomic E-state index is 14.8. The molecule has 2 aromatic carbocycles. The lowest BCUT2D eigenvalue weighted by atomic mass is 9.98. The van der Waals surface area contributed by atoms with E-state index in [-0.39, 0.29) is 23.9 Å². The first-order chi connectivity index (χ1) is 12.9. The summed E-state index contributed by atoms with van der Waals surface area (Å²) in [6.45, 7) is 2.37. The van der Waals surface area contributed by atoms with Crippen molar-refractivity contribution in [3.63, 3.8) is 0 Å². The summed E-state index contributed by atoms with van der Waals surface area (Å²) in [6.07, 6.45) is 1.03. The van der Waals surface area contributed by atoms with Crippen molar-refractivity contribution >= 4 is 17.2 Å². The Bertz CT molecular complexity index is 884. The van der Waals surface area contributed by atoms with Gasteiger partial charge in [0.15, 0.2) is 5.78 Å². The number of nitrogens with zero attached hydrogens (tertiary/aromatic N) is 3. The van der Waals surface area contributed by atoms with Crippen molar-refractivity contribution in [1.29, 1.82) is 0 Å². The van der Waals surface area contributed by atoms with Crippen LogP contribution in [0, 0.1) is 5.82 Å². The van der Waals surface area contributed by atoms with Crippen molar-refractivity contribution in [3.05, 3.63) is 53.3 Å². The third kappa shape index (κ3) is 3.37. The van der Waals surface area contributed by atoms with Gasteiger partial charge in [0.2, 0.25) is 0 Å². The van der Waals surface area contributed by atoms with Crippen LogP contribution in [-0.4, -0.2) is 55.6 Å². The Kier molecular flexibility index (Phi) is 4.52. The second-order valence-electron chi connectivity index (χ2n) is 7.61. The minimum atomic E-state index is -0.254. The molecule has 2 aliphatic rings. The third-order valence-electron chi connectivity index (χ3n) is 5.62. The van der Waals surface area contributed by atoms with Crippen molar-refractivity contribution in [2.75, 3.05) is 43.5 Å². The van der Waals surface area contributed by atoms with Crippen molar-refractivity contribution in [2.45, 2.75) is 19.0 Å². The molecule has 0 spiro atoms. The molecule has 1 unspecified atom stereocenters. The lowest BCUT2D eigenvalue weighted by Gasteiger charge is -2.30. The molecule has 0 radical (unpaired) electrons. The maximum absolute atomic E-state index is 14.8. The number of hydrogen-bond donors (Lipinski definition) is 1. The Morgan fingerprint density at radius 1 is 1.11 bits per heavy atom. The van der Waals surface area contributed by atoms with Crippen LogP contribution in [0.4, 0.5) is 15.8 Å². The molecule has 142 valence electrons. The number of carbonyl (C=O) groups is 1. The number of hydrogen-bond acceptors (Lipinski definition) is 5. The first kappa shape index (κ1) is 17.8. The second kappa shape index (κ2) is 6.85. The molecule has 0 aliphatic carbocycles. The molecule has 0 saturated carbocycles. The third-order valence-corrected chi connectivity index (χ3v) is 5.62. The van der Waals surface area contributed by atoms with Gasteiger partial charge in [0.25, 0.3) is 0 Å². The summed E-state index contributed by atoms with van der Waals surface area (Å²) in [5.74, 6) is -0.228. The highest BCUT2D eigenvalue weighted by atomic mass is 19.1. The first-order valence-electron chi connectivity index (χ1n) is 9.23. The summed E-state index contributed by atoms with van der Waals surface area (Å²) in [7, 11) is 4.11. The number of likely N-dealkylation sites (N-methyl/N-ethyl adjacent to an activating group) is 1. The summed E-state index contributed by atoms with van der Waals surface area (Å²) in [5.41, 5.74) is 2.72. The van der Waals surface area contributed by atoms with Gasteiger partial charge in [-0.05, 0) is 56.4 Å². The smallest absolute Gasteiger partial charge is 0.182 e. The van der Waals surface area contributed by atoms with Crippen LogP contribution in [0.15, 0.2) is 36.4 Å². The minimum Gasteiger partial charge on any atom is -0.508 e. The maximum Gasteiger partial charge on any atom is 0.182 e. The van der Waals surface area contributed by atoms with E-state index in [0.717, 1.165) is 25.1 Å². The monoisotopic (exact) mass is 369 g/mol. The van der Waals surface area contributed by atoms with Gasteiger partial charge < -0.3 is 19.8 Å². The number of anilines is 2. The summed E-state index contributed by atoms with van der Waals surface area (Å²) in [6, 6.07) is 10.5. The van der Waals surface area contributed by atoms with E-state index in [9.17, 15) is 14.3 Å². The van der Waals surface area contributed by atoms with E-state index in [2.05, 4.69) is 23.9 Å². The number of Topliss-reactive ketones (excluding diaryl/α,β-unsaturated/α-hetero) is 1. The zero-order valence-electron chi connectivity index (χ0n) is 15.7. The molecule has 2 aromatic rings. The van der Waals surface area contributed by atoms with Gasteiger partial charge in [0.05, 0.1) is 12.2 Å². The van der Waals surface area contributed by atoms with Gasteiger partial charge in [-0.1, -0.05) is 6.07 Å². The van der Waals surface area contributed by atoms with E-state index in [1.165, 1.54) is 12.1 Å². The molecule has 1 saturated heterocycles. The molecular weight excluding hydrogens is 345 g/mol. The summed E-state index contributed by atoms with van der Waals surface area (Å²) in [4.78, 5) is 18.6. The molecule has 4 rings (SSSR count). The van der Waals surface area contributed by atoms with Gasteiger partial charge in [0.1, 0.15) is 11.6 Å². The van der Waals surface area contributed by atoms with E-state index in [0.29, 0.717) is 29.5 Å². The number of ketones is 1. The fourth-order valence-electron chi connectivity index (χ4n) is 4.00. The van der Waals surface area contributed by atoms with Crippen LogP contribution in [0.3, 0.4) is 0 Å². The Hall–Kier alpha value is -2.60. The average Bonchev–Trinajstić information content (AvgIpc) is 3.12. The van der Waals surface area contributed by atoms with Crippen molar-refractivity contribution in [1.82, 2.24) is 4.90 Å². The Morgan fingerprint density at radius 3 is 2.63 bits per heavy atom. The molecule has 6 heteroatoms. The topological polar surface area (TPSA) is 47.0 Å². The molecule has 2 aliphatic heterocycles. The van der Waals surface area contributed by atoms with Crippen LogP contribution in [0.1, 0.15) is 22.3 Å². The fraction of sp³-hybridized carbons (Fsp3) is 0.381. The van der Waals surface area contributed by atoms with Crippen LogP contribution < -0.4 is 9.80 Å². The molecule has 0 bridgehead atoms. The van der Waals surface area contributed by atoms with Gasteiger partial charge in [-0.15, -0.1) is 0 Å². The highest BCUT2D eigenvalue weighted by Gasteiger charge is 2.27. The van der Waals surface area contributed by atoms with E-state index >= 15 is 0 Å². The summed E-state index contributed by atoms with van der Waals surface area (Å²) in [5, 5.41) is 9.59. The summed E-state index contributed by atoms with van der Waals surface area (Å²) >= 11 is 0. The normalized spacial score (nSPS) is 19.7. The number of aromatic hydroxyl groups is 1. The van der Waals surface area contributed by atoms with Crippen molar-refractivity contribution < 1.29 is 14.3 Å². The number of phenols is 1. The molecule has 27 heavy (non-hydrogen) atoms. The number of carbonyl (C=O) groups excluding carboxylic acids is 1. The quantitative estimate of drug-likeness (QED) is 0.902. The molecule has 2 heterocycles. The van der Waals surface area contributed by atoms with Crippen LogP contribution in [0.5, 0.6) is 5.75 Å². The van der Waals surface area contributed by atoms with E-state index in [1.807, 2.05) is 17.0 Å². The number of benzene rings is 2. The standard InChI is InChI=1S/C21H24FN3O2/c1-23(2)16-7-8-24(12-16)20-6-4-15(9-19(20)22)25-11-14-3-5-17(26)10-18(14)21(27)13-25/h3-6,9-10,16,26H,7-8,11-13H2,1-2H3. The molecule has 1 fully saturated rings. The molecule has 0 aromatic heterocycles. The number of halogens is 1. The molecular formula is C21H24FN3O2. The predicted octanol–water partition coefficient (Wildman–Crippen LogP) is 2.87. The number of rotatable bonds is 3. The van der Waals surface area contributed by atoms with E-state index in [1.54, 1.807) is 12.1 Å². The Labute approximate surface area is 158 Å². The Balaban J connectivity index is 1.55. The van der Waals surface area contributed by atoms with Crippen LogP contribution in [0.25, 0.3) is 0 Å². The molecule has 1 atom stereocenters. The molecule has 5 nitrogen and oxygen atoms in total. The van der Waals surface area contributed by atoms with Gasteiger partial charge in [-0.3, -0.25) is 4.79 Å². The lowest BCUT2D eigenvalue weighted by Crippen LogP contribution is -2.35. The van der Waals surface area contributed by atoms with Crippen LogP contribution >= 0.6 is 0 Å². The average molecular weight is 369 g/mol. The number of fused-ring (bicyclic) bond motifs is 1. The Morgan fingerprint density at radius 2 is 1.93 bits per heavy atom. The van der Waals surface area contributed by atoms with Gasteiger partial charge in [0, 0.05) is 36.9 Å². The van der Waals surface area contributed by atoms with Gasteiger partial charge >= 0.3 is 0 Å². The lowest BCUT2D eigenvalue weighted by molar-refractivity contribution is 0.0991. The highest BCUT2D eigenvalue weighted by Crippen LogP contribution is 2.31. The second-order valence-corrected chi connectivity index (χ2v) is 7.61. The van der Waals surface area contributed by atoms with E-state index in [4.69, 9.17) is 0 Å². The molecule has 0 amide bonds. The number of phenolic OH excluding ortho intramolecular Hbond substituents is 1. The fourth-order valence-corrected chi connectivity index (χ4v) is 4.00. The largest absolute Gasteiger partial charge is 0.508 e. The van der Waals surface area contributed by atoms with Gasteiger partial charge in [-0.25, -0.2) is 4.39 Å². The summed E-state index contributed by atoms with van der Waals surface area (Å²) < 4.78 is 14.8. The minimum absolute atomic E-state index is 0.0648. The zero-order chi connectivity index (χ0) is 19.1. The van der Waals surface area contributed by atoms with Crippen molar-refractivity contribution in [3.8, 4) is 5.75 Å². The van der Waals surface area contributed by atoms with E-state index < -0.39 is 0 Å². The highest BCUT2D eigenvalue weighted by molar-refractivity contribution is 6.02. The van der Waals surface area contributed by atoms with Crippen molar-refractivity contribution in [2.24, 2.45) is 0 Å². The molecule has 1 N–H and O–H groups in total. The predicted molar refractivity (Wildman–Crippen MR) is 104 cm³/mol. The SMILES string of the molecule is CN(C)C1CCN(c2ccc(N3CC(=O)c4cc(O)ccc4C3)cc2F)C1. The zero-order valence-corrected chi connectivity index (χ0v) is 15.7. The van der Waals surface area contributed by atoms with Crippen LogP contribution in [-0.2, 0) is 6.54 Å². The van der Waals surface area contributed by atoms with Gasteiger partial charge in [-0.2, -0.15) is 0 Å². The first-order valence-corrected chi connectivity index (χ1v) is 9.23. The van der Waals surface area contributed by atoms with Crippen LogP contribution in [0.2, 0.25) is 0 Å².